The van der Waals surface area contributed by atoms with Gasteiger partial charge in [-0.3, -0.25) is 9.69 Å². The number of carbonyl (C=O) groups excluding carboxylic acids is 1. The van der Waals surface area contributed by atoms with Crippen molar-refractivity contribution in [1.29, 1.82) is 0 Å². The molecule has 2 saturated heterocycles. The van der Waals surface area contributed by atoms with Crippen LogP contribution in [0.2, 0.25) is 5.02 Å². The van der Waals surface area contributed by atoms with E-state index in [1.54, 1.807) is 6.07 Å². The Morgan fingerprint density at radius 1 is 1.21 bits per heavy atom. The third-order valence-corrected chi connectivity index (χ3v) is 6.17. The van der Waals surface area contributed by atoms with Crippen molar-refractivity contribution < 1.29 is 9.18 Å². The first-order valence-corrected chi connectivity index (χ1v) is 10.1. The predicted octanol–water partition coefficient (Wildman–Crippen LogP) is 3.99. The summed E-state index contributed by atoms with van der Waals surface area (Å²) >= 11 is 6.12. The van der Waals surface area contributed by atoms with E-state index in [0.717, 1.165) is 44.8 Å². The number of halogens is 4. The zero-order valence-corrected chi connectivity index (χ0v) is 18.7. The summed E-state index contributed by atoms with van der Waals surface area (Å²) in [6, 6.07) is 4.55. The zero-order valence-electron chi connectivity index (χ0n) is 16.3. The first-order chi connectivity index (χ1) is 12.5. The molecule has 4 nitrogen and oxygen atoms in total. The van der Waals surface area contributed by atoms with Gasteiger partial charge < -0.3 is 10.2 Å². The van der Waals surface area contributed by atoms with Crippen molar-refractivity contribution in [2.45, 2.75) is 32.7 Å². The number of nitrogens with one attached hydrogen (secondary N) is 1. The van der Waals surface area contributed by atoms with E-state index in [0.29, 0.717) is 29.8 Å². The van der Waals surface area contributed by atoms with Gasteiger partial charge in [-0.1, -0.05) is 24.6 Å². The second-order valence-corrected chi connectivity index (χ2v) is 8.07. The van der Waals surface area contributed by atoms with E-state index < -0.39 is 0 Å². The molecule has 1 aromatic carbocycles. The summed E-state index contributed by atoms with van der Waals surface area (Å²) in [7, 11) is 0. The Labute approximate surface area is 185 Å². The van der Waals surface area contributed by atoms with Crippen LogP contribution >= 0.6 is 36.4 Å². The molecule has 160 valence electrons. The van der Waals surface area contributed by atoms with E-state index in [-0.39, 0.29) is 36.5 Å². The van der Waals surface area contributed by atoms with Crippen LogP contribution in [0.25, 0.3) is 0 Å². The van der Waals surface area contributed by atoms with Gasteiger partial charge in [-0.05, 0) is 55.5 Å². The molecule has 0 aromatic heterocycles. The Hall–Kier alpha value is -0.590. The van der Waals surface area contributed by atoms with Crippen molar-refractivity contribution in [2.75, 3.05) is 39.3 Å². The summed E-state index contributed by atoms with van der Waals surface area (Å²) in [5, 5.41) is 3.86. The highest BCUT2D eigenvalue weighted by Crippen LogP contribution is 2.25. The van der Waals surface area contributed by atoms with Crippen LogP contribution in [0.15, 0.2) is 18.2 Å². The molecule has 2 heterocycles. The van der Waals surface area contributed by atoms with Crippen LogP contribution < -0.4 is 5.32 Å². The van der Waals surface area contributed by atoms with Crippen molar-refractivity contribution in [3.8, 4) is 0 Å². The summed E-state index contributed by atoms with van der Waals surface area (Å²) in [5.41, 5.74) is 0.937. The number of carbonyl (C=O) groups is 1. The number of hydrogen-bond acceptors (Lipinski definition) is 3. The Morgan fingerprint density at radius 3 is 2.46 bits per heavy atom. The molecule has 8 heteroatoms. The molecule has 1 atom stereocenters. The van der Waals surface area contributed by atoms with Crippen LogP contribution in [0.3, 0.4) is 0 Å². The second kappa shape index (κ2) is 12.2. The van der Waals surface area contributed by atoms with E-state index in [1.807, 2.05) is 4.90 Å². The topological polar surface area (TPSA) is 35.6 Å². The van der Waals surface area contributed by atoms with Gasteiger partial charge in [0.15, 0.2) is 0 Å². The van der Waals surface area contributed by atoms with Gasteiger partial charge in [0.2, 0.25) is 5.91 Å². The first-order valence-electron chi connectivity index (χ1n) is 9.67. The summed E-state index contributed by atoms with van der Waals surface area (Å²) in [6.45, 7) is 8.27. The highest BCUT2D eigenvalue weighted by atomic mass is 35.5. The van der Waals surface area contributed by atoms with Crippen LogP contribution in [0.4, 0.5) is 4.39 Å². The van der Waals surface area contributed by atoms with E-state index in [2.05, 4.69) is 17.1 Å². The highest BCUT2D eigenvalue weighted by molar-refractivity contribution is 6.31. The molecule has 1 N–H and O–H groups in total. The molecule has 2 fully saturated rings. The van der Waals surface area contributed by atoms with Crippen molar-refractivity contribution in [1.82, 2.24) is 15.1 Å². The van der Waals surface area contributed by atoms with Crippen molar-refractivity contribution in [2.24, 2.45) is 11.8 Å². The summed E-state index contributed by atoms with van der Waals surface area (Å²) < 4.78 is 13.2. The SMILES string of the molecule is CC(CC(=O)N1CCN(Cc2ccc(F)cc2Cl)CC1)C1CCNCC1.Cl.Cl. The third-order valence-electron chi connectivity index (χ3n) is 5.82. The van der Waals surface area contributed by atoms with E-state index in [1.165, 1.54) is 25.0 Å². The van der Waals surface area contributed by atoms with Crippen LogP contribution in [0, 0.1) is 17.7 Å². The maximum absolute atomic E-state index is 13.2. The highest BCUT2D eigenvalue weighted by Gasteiger charge is 2.26. The van der Waals surface area contributed by atoms with Gasteiger partial charge in [0.05, 0.1) is 0 Å². The van der Waals surface area contributed by atoms with Gasteiger partial charge in [-0.25, -0.2) is 4.39 Å². The summed E-state index contributed by atoms with van der Waals surface area (Å²) in [6.07, 6.45) is 3.02. The fourth-order valence-corrected chi connectivity index (χ4v) is 4.26. The molecule has 3 rings (SSSR count). The molecule has 28 heavy (non-hydrogen) atoms. The molecular weight excluding hydrogens is 424 g/mol. The van der Waals surface area contributed by atoms with Gasteiger partial charge in [0.1, 0.15) is 5.82 Å². The molecule has 0 saturated carbocycles. The first kappa shape index (κ1) is 25.4. The minimum Gasteiger partial charge on any atom is -0.340 e. The molecule has 0 spiro atoms. The standard InChI is InChI=1S/C20H29ClFN3O.2ClH/c1-15(16-4-6-23-7-5-16)12-20(26)25-10-8-24(9-11-25)14-17-2-3-18(22)13-19(17)21;;/h2-3,13,15-16,23H,4-12,14H2,1H3;2*1H. The van der Waals surface area contributed by atoms with Crippen LogP contribution in [0.5, 0.6) is 0 Å². The van der Waals surface area contributed by atoms with Crippen molar-refractivity contribution >= 4 is 42.3 Å². The van der Waals surface area contributed by atoms with E-state index in [4.69, 9.17) is 11.6 Å². The van der Waals surface area contributed by atoms with Gasteiger partial charge in [0, 0.05) is 44.2 Å². The van der Waals surface area contributed by atoms with Crippen LogP contribution in [-0.2, 0) is 11.3 Å². The van der Waals surface area contributed by atoms with Gasteiger partial charge in [0.25, 0.3) is 0 Å². The monoisotopic (exact) mass is 453 g/mol. The Balaban J connectivity index is 0.00000196. The average molecular weight is 455 g/mol. The van der Waals surface area contributed by atoms with Crippen LogP contribution in [-0.4, -0.2) is 55.0 Å². The Morgan fingerprint density at radius 2 is 1.86 bits per heavy atom. The van der Waals surface area contributed by atoms with Crippen molar-refractivity contribution in [3.05, 3.63) is 34.6 Å². The third kappa shape index (κ3) is 7.03. The number of amides is 1. The van der Waals surface area contributed by atoms with Gasteiger partial charge in [-0.2, -0.15) is 0 Å². The fraction of sp³-hybridized carbons (Fsp3) is 0.650. The predicted molar refractivity (Wildman–Crippen MR) is 117 cm³/mol. The maximum atomic E-state index is 13.2. The number of benzene rings is 1. The summed E-state index contributed by atoms with van der Waals surface area (Å²) in [5.74, 6) is 1.11. The van der Waals surface area contributed by atoms with Gasteiger partial charge >= 0.3 is 0 Å². The number of piperidine rings is 1. The van der Waals surface area contributed by atoms with Gasteiger partial charge in [-0.15, -0.1) is 24.8 Å². The summed E-state index contributed by atoms with van der Waals surface area (Å²) in [4.78, 5) is 16.9. The molecular formula is C20H31Cl3FN3O. The molecule has 2 aliphatic heterocycles. The minimum atomic E-state index is -0.308. The molecule has 0 aliphatic carbocycles. The lowest BCUT2D eigenvalue weighted by Gasteiger charge is -2.36. The zero-order chi connectivity index (χ0) is 18.5. The van der Waals surface area contributed by atoms with E-state index >= 15 is 0 Å². The number of nitrogens with zero attached hydrogens (tertiary/aromatic N) is 2. The molecule has 1 unspecified atom stereocenters. The molecule has 0 radical (unpaired) electrons. The number of rotatable bonds is 5. The number of hydrogen-bond donors (Lipinski definition) is 1. The smallest absolute Gasteiger partial charge is 0.222 e. The average Bonchev–Trinajstić information content (AvgIpc) is 2.65. The van der Waals surface area contributed by atoms with Crippen molar-refractivity contribution in [3.63, 3.8) is 0 Å². The lowest BCUT2D eigenvalue weighted by molar-refractivity contribution is -0.134. The Kier molecular flexibility index (Phi) is 11.1. The molecule has 0 bridgehead atoms. The fourth-order valence-electron chi connectivity index (χ4n) is 4.03. The minimum absolute atomic E-state index is 0. The maximum Gasteiger partial charge on any atom is 0.222 e. The number of piperazine rings is 1. The molecule has 2 aliphatic rings. The lowest BCUT2D eigenvalue weighted by Crippen LogP contribution is -2.48. The second-order valence-electron chi connectivity index (χ2n) is 7.66. The molecule has 1 aromatic rings. The largest absolute Gasteiger partial charge is 0.340 e. The van der Waals surface area contributed by atoms with E-state index in [9.17, 15) is 9.18 Å². The lowest BCUT2D eigenvalue weighted by atomic mass is 9.84. The quantitative estimate of drug-likeness (QED) is 0.730. The van der Waals surface area contributed by atoms with Crippen LogP contribution in [0.1, 0.15) is 31.7 Å². The Bertz CT molecular complexity index is 621. The normalized spacial score (nSPS) is 19.5. The molecule has 1 amide bonds.